The van der Waals surface area contributed by atoms with Gasteiger partial charge in [0.05, 0.1) is 23.9 Å². The van der Waals surface area contributed by atoms with Crippen LogP contribution in [0.1, 0.15) is 59.1 Å². The number of aromatic carboxylic acids is 1. The summed E-state index contributed by atoms with van der Waals surface area (Å²) in [7, 11) is -2.75. The Labute approximate surface area is 236 Å². The van der Waals surface area contributed by atoms with Crippen molar-refractivity contribution in [3.05, 3.63) is 106 Å². The van der Waals surface area contributed by atoms with Gasteiger partial charge in [0.15, 0.2) is 0 Å². The summed E-state index contributed by atoms with van der Waals surface area (Å²) in [6, 6.07) is 16.4. The number of carboxylic acids is 1. The number of carboxylic acid groups (broad SMARTS) is 1. The molecule has 0 saturated heterocycles. The Kier molecular flexibility index (Phi) is 8.09. The van der Waals surface area contributed by atoms with Crippen LogP contribution in [-0.4, -0.2) is 36.3 Å². The van der Waals surface area contributed by atoms with Crippen LogP contribution in [0.2, 0.25) is 0 Å². The van der Waals surface area contributed by atoms with Crippen molar-refractivity contribution in [2.45, 2.75) is 38.8 Å². The van der Waals surface area contributed by atoms with Gasteiger partial charge in [0.1, 0.15) is 11.3 Å². The van der Waals surface area contributed by atoms with E-state index in [4.69, 9.17) is 4.74 Å². The fourth-order valence-electron chi connectivity index (χ4n) is 4.61. The summed E-state index contributed by atoms with van der Waals surface area (Å²) in [5, 5.41) is 9.65. The van der Waals surface area contributed by atoms with Crippen molar-refractivity contribution < 1.29 is 36.2 Å². The lowest BCUT2D eigenvalue weighted by Crippen LogP contribution is -2.18. The van der Waals surface area contributed by atoms with E-state index in [9.17, 15) is 31.5 Å². The van der Waals surface area contributed by atoms with Crippen molar-refractivity contribution in [2.24, 2.45) is 0 Å². The number of hydrogen-bond acceptors (Lipinski definition) is 4. The number of hydrogen-bond donors (Lipinski definition) is 1. The molecule has 6 nitrogen and oxygen atoms in total. The molecule has 0 bridgehead atoms. The van der Waals surface area contributed by atoms with E-state index in [2.05, 4.69) is 20.8 Å². The average Bonchev–Trinajstić information content (AvgIpc) is 3.25. The van der Waals surface area contributed by atoms with Crippen molar-refractivity contribution in [3.63, 3.8) is 0 Å². The molecule has 0 amide bonds. The minimum absolute atomic E-state index is 0.0448. The van der Waals surface area contributed by atoms with Gasteiger partial charge in [0, 0.05) is 17.5 Å². The van der Waals surface area contributed by atoms with Crippen molar-refractivity contribution in [1.82, 2.24) is 3.97 Å². The number of benzene rings is 3. The summed E-state index contributed by atoms with van der Waals surface area (Å²) in [6.07, 6.45) is -1.45. The van der Waals surface area contributed by atoms with E-state index in [1.165, 1.54) is 31.4 Å². The zero-order chi connectivity index (χ0) is 30.2. The van der Waals surface area contributed by atoms with Crippen LogP contribution in [0.15, 0.2) is 72.8 Å². The topological polar surface area (TPSA) is 85.6 Å². The van der Waals surface area contributed by atoms with Crippen molar-refractivity contribution >= 4 is 33.0 Å². The van der Waals surface area contributed by atoms with Crippen LogP contribution in [-0.2, 0) is 28.0 Å². The Balaban J connectivity index is 1.77. The summed E-state index contributed by atoms with van der Waals surface area (Å²) in [4.78, 5) is 11.7. The predicted molar refractivity (Wildman–Crippen MR) is 153 cm³/mol. The molecule has 0 unspecified atom stereocenters. The van der Waals surface area contributed by atoms with E-state index >= 15 is 0 Å². The van der Waals surface area contributed by atoms with Gasteiger partial charge in [-0.25, -0.2) is 17.2 Å². The fourth-order valence-corrected chi connectivity index (χ4v) is 6.04. The fraction of sp³-hybridized carbons (Fsp3) is 0.258. The SMILES string of the molecule is COc1ccc(Cc2cc3cc(C(F)(F)F)ccc3n2S(=O)(=O)CC=Cc2cccc(C(C)(C)C)c2)cc1C(=O)O. The molecular formula is C31H30F3NO5S. The molecule has 0 fully saturated rings. The first-order chi connectivity index (χ1) is 19.1. The molecule has 0 atom stereocenters. The second kappa shape index (κ2) is 11.1. The van der Waals surface area contributed by atoms with Gasteiger partial charge >= 0.3 is 12.1 Å². The number of alkyl halides is 3. The molecule has 4 rings (SSSR count). The van der Waals surface area contributed by atoms with Gasteiger partial charge in [-0.2, -0.15) is 13.2 Å². The lowest BCUT2D eigenvalue weighted by molar-refractivity contribution is -0.137. The lowest BCUT2D eigenvalue weighted by Gasteiger charge is -2.19. The molecule has 0 aliphatic heterocycles. The van der Waals surface area contributed by atoms with E-state index in [-0.39, 0.29) is 39.7 Å². The molecule has 10 heteroatoms. The maximum Gasteiger partial charge on any atom is 0.416 e. The number of nitrogens with zero attached hydrogens (tertiary/aromatic N) is 1. The van der Waals surface area contributed by atoms with E-state index in [0.717, 1.165) is 33.3 Å². The molecule has 0 aliphatic rings. The summed E-state index contributed by atoms with van der Waals surface area (Å²) in [5.41, 5.74) is 1.55. The van der Waals surface area contributed by atoms with Crippen LogP contribution in [0.3, 0.4) is 0 Å². The Morgan fingerprint density at radius 2 is 1.71 bits per heavy atom. The number of aromatic nitrogens is 1. The summed E-state index contributed by atoms with van der Waals surface area (Å²) >= 11 is 0. The Bertz CT molecular complexity index is 1750. The highest BCUT2D eigenvalue weighted by Gasteiger charge is 2.31. The largest absolute Gasteiger partial charge is 0.496 e. The molecule has 1 N–H and O–H groups in total. The van der Waals surface area contributed by atoms with Crippen LogP contribution < -0.4 is 4.74 Å². The summed E-state index contributed by atoms with van der Waals surface area (Å²) < 4.78 is 73.7. The molecule has 3 aromatic carbocycles. The van der Waals surface area contributed by atoms with E-state index in [0.29, 0.717) is 5.56 Å². The summed E-state index contributed by atoms with van der Waals surface area (Å²) in [6.45, 7) is 6.22. The first kappa shape index (κ1) is 29.9. The molecule has 0 aliphatic carbocycles. The maximum absolute atomic E-state index is 13.7. The highest BCUT2D eigenvalue weighted by atomic mass is 32.2. The molecule has 1 heterocycles. The molecule has 41 heavy (non-hydrogen) atoms. The average molecular weight is 586 g/mol. The zero-order valence-electron chi connectivity index (χ0n) is 23.0. The van der Waals surface area contributed by atoms with Crippen LogP contribution in [0.5, 0.6) is 5.75 Å². The molecule has 0 spiro atoms. The van der Waals surface area contributed by atoms with Crippen LogP contribution in [0.4, 0.5) is 13.2 Å². The van der Waals surface area contributed by atoms with Gasteiger partial charge < -0.3 is 9.84 Å². The van der Waals surface area contributed by atoms with Crippen molar-refractivity contribution in [2.75, 3.05) is 12.9 Å². The minimum Gasteiger partial charge on any atom is -0.496 e. The highest BCUT2D eigenvalue weighted by Crippen LogP contribution is 2.34. The van der Waals surface area contributed by atoms with Crippen molar-refractivity contribution in [3.8, 4) is 5.75 Å². The second-order valence-electron chi connectivity index (χ2n) is 10.7. The van der Waals surface area contributed by atoms with Gasteiger partial charge in [0.25, 0.3) is 0 Å². The Morgan fingerprint density at radius 1 is 0.976 bits per heavy atom. The molecule has 4 aromatic rings. The standard InChI is InChI=1S/C31H30F3NO5S/c1-30(2,3)23-9-5-7-20(15-23)8-6-14-41(38,39)35-25(16-21-10-13-28(40-4)26(17-21)29(36)37)19-22-18-24(31(32,33)34)11-12-27(22)35/h5-13,15,17-19H,14,16H2,1-4H3,(H,36,37). The monoisotopic (exact) mass is 585 g/mol. The predicted octanol–water partition coefficient (Wildman–Crippen LogP) is 7.15. The van der Waals surface area contributed by atoms with Crippen molar-refractivity contribution in [1.29, 1.82) is 0 Å². The third-order valence-electron chi connectivity index (χ3n) is 6.68. The number of halogens is 3. The second-order valence-corrected chi connectivity index (χ2v) is 12.6. The summed E-state index contributed by atoms with van der Waals surface area (Å²) in [5.74, 6) is -1.51. The van der Waals surface area contributed by atoms with Gasteiger partial charge in [-0.1, -0.05) is 63.3 Å². The molecular weight excluding hydrogens is 555 g/mol. The number of fused-ring (bicyclic) bond motifs is 1. The van der Waals surface area contributed by atoms with E-state index < -0.39 is 33.5 Å². The smallest absolute Gasteiger partial charge is 0.416 e. The molecule has 0 saturated carbocycles. The van der Waals surface area contributed by atoms with Gasteiger partial charge in [-0.05, 0) is 58.5 Å². The maximum atomic E-state index is 13.7. The number of rotatable bonds is 8. The van der Waals surface area contributed by atoms with E-state index in [1.54, 1.807) is 12.1 Å². The first-order valence-electron chi connectivity index (χ1n) is 12.7. The van der Waals surface area contributed by atoms with Gasteiger partial charge in [0.2, 0.25) is 10.0 Å². The highest BCUT2D eigenvalue weighted by molar-refractivity contribution is 7.90. The zero-order valence-corrected chi connectivity index (χ0v) is 23.8. The Morgan fingerprint density at radius 3 is 2.34 bits per heavy atom. The van der Waals surface area contributed by atoms with Gasteiger partial charge in [-0.15, -0.1) is 0 Å². The first-order valence-corrected chi connectivity index (χ1v) is 14.3. The van der Waals surface area contributed by atoms with E-state index in [1.807, 2.05) is 24.3 Å². The van der Waals surface area contributed by atoms with Crippen LogP contribution >= 0.6 is 0 Å². The lowest BCUT2D eigenvalue weighted by atomic mass is 9.86. The molecule has 0 radical (unpaired) electrons. The van der Waals surface area contributed by atoms with Crippen LogP contribution in [0, 0.1) is 0 Å². The third kappa shape index (κ3) is 6.65. The third-order valence-corrected chi connectivity index (χ3v) is 8.29. The Hall–Kier alpha value is -4.05. The number of ether oxygens (including phenoxy) is 1. The minimum atomic E-state index is -4.61. The number of methoxy groups -OCH3 is 1. The van der Waals surface area contributed by atoms with Gasteiger partial charge in [-0.3, -0.25) is 0 Å². The van der Waals surface area contributed by atoms with Crippen LogP contribution in [0.25, 0.3) is 17.0 Å². The number of carbonyl (C=O) groups is 1. The molecule has 216 valence electrons. The quantitative estimate of drug-likeness (QED) is 0.237. The normalized spacial score (nSPS) is 12.8. The molecule has 1 aromatic heterocycles.